The lowest BCUT2D eigenvalue weighted by Gasteiger charge is -2.33. The number of aromatic nitrogens is 5. The number of carbonyl (C=O) groups is 2. The van der Waals surface area contributed by atoms with Gasteiger partial charge in [0.25, 0.3) is 0 Å². The quantitative estimate of drug-likeness (QED) is 0.236. The van der Waals surface area contributed by atoms with E-state index in [4.69, 9.17) is 0 Å². The molecule has 0 radical (unpaired) electrons. The molecule has 5 heterocycles. The highest BCUT2D eigenvalue weighted by Crippen LogP contribution is 2.30. The number of likely N-dealkylation sites (tertiary alicyclic amines) is 1. The molecule has 0 spiro atoms. The molecule has 7 rings (SSSR count). The Morgan fingerprint density at radius 2 is 1.64 bits per heavy atom. The van der Waals surface area contributed by atoms with Crippen LogP contribution in [0.1, 0.15) is 25.7 Å². The van der Waals surface area contributed by atoms with Crippen molar-refractivity contribution < 1.29 is 9.59 Å². The van der Waals surface area contributed by atoms with E-state index in [2.05, 4.69) is 64.5 Å². The molecular formula is C35H36N8O2. The van der Waals surface area contributed by atoms with Gasteiger partial charge in [-0.15, -0.1) is 0 Å². The maximum Gasteiger partial charge on any atom is 0.228 e. The van der Waals surface area contributed by atoms with Crippen molar-refractivity contribution in [3.63, 3.8) is 0 Å². The van der Waals surface area contributed by atoms with E-state index in [1.165, 1.54) is 5.69 Å². The summed E-state index contributed by atoms with van der Waals surface area (Å²) in [6.45, 7) is 3.68. The molecule has 228 valence electrons. The van der Waals surface area contributed by atoms with Crippen LogP contribution in [-0.4, -0.2) is 74.5 Å². The lowest BCUT2D eigenvalue weighted by Crippen LogP contribution is -2.36. The molecule has 0 unspecified atom stereocenters. The number of ketones is 1. The molecule has 2 N–H and O–H groups in total. The van der Waals surface area contributed by atoms with E-state index in [1.54, 1.807) is 24.8 Å². The molecular weight excluding hydrogens is 564 g/mol. The molecule has 45 heavy (non-hydrogen) atoms. The fraction of sp³-hybridized carbons (Fsp3) is 0.314. The molecule has 1 atom stereocenters. The van der Waals surface area contributed by atoms with Crippen LogP contribution in [-0.2, 0) is 9.59 Å². The Morgan fingerprint density at radius 1 is 0.867 bits per heavy atom. The minimum absolute atomic E-state index is 0.00467. The zero-order chi connectivity index (χ0) is 30.6. The first kappa shape index (κ1) is 28.8. The third-order valence-electron chi connectivity index (χ3n) is 9.01. The largest absolute Gasteiger partial charge is 0.372 e. The van der Waals surface area contributed by atoms with Crippen molar-refractivity contribution in [2.24, 2.45) is 11.8 Å². The number of hydrogen-bond donors (Lipinski definition) is 2. The molecule has 0 bridgehead atoms. The van der Waals surface area contributed by atoms with Crippen molar-refractivity contribution >= 4 is 34.0 Å². The average Bonchev–Trinajstić information content (AvgIpc) is 3.73. The predicted octanol–water partition coefficient (Wildman–Crippen LogP) is 5.22. The molecule has 0 aliphatic carbocycles. The number of rotatable bonds is 9. The molecule has 2 fully saturated rings. The summed E-state index contributed by atoms with van der Waals surface area (Å²) < 4.78 is 0. The van der Waals surface area contributed by atoms with Gasteiger partial charge < -0.3 is 10.2 Å². The number of Topliss-reactive ketones (excluding diaryl/α,β-unsaturated/α-hetero) is 1. The van der Waals surface area contributed by atoms with Gasteiger partial charge in [0.1, 0.15) is 11.5 Å². The number of anilines is 2. The number of hydrogen-bond acceptors (Lipinski definition) is 8. The second-order valence-corrected chi connectivity index (χ2v) is 12.1. The average molecular weight is 601 g/mol. The highest BCUT2D eigenvalue weighted by atomic mass is 16.2. The molecule has 10 nitrogen and oxygen atoms in total. The van der Waals surface area contributed by atoms with Gasteiger partial charge in [0.15, 0.2) is 5.82 Å². The van der Waals surface area contributed by atoms with Gasteiger partial charge >= 0.3 is 0 Å². The third kappa shape index (κ3) is 6.61. The standard InChI is InChI=1S/C35H36N8O2/c44-30(20-24-10-18-43(19-11-24)29-5-2-26(3-6-29)34-37-13-1-14-38-34)23-42-17-12-27(22-42)35(45)39-28-4-7-32-31(21-28)33(41-40-32)25-8-15-36-16-9-25/h1-9,13-16,21,24,27H,10-12,17-20,22-23H2,(H,39,45)(H,40,41)/t27-/m1/s1. The Kier molecular flexibility index (Phi) is 8.29. The number of carbonyl (C=O) groups excluding carboxylic acids is 2. The van der Waals surface area contributed by atoms with Crippen LogP contribution in [0.3, 0.4) is 0 Å². The van der Waals surface area contributed by atoms with Crippen LogP contribution < -0.4 is 10.2 Å². The number of H-pyrrole nitrogens is 1. The topological polar surface area (TPSA) is 120 Å². The minimum Gasteiger partial charge on any atom is -0.372 e. The van der Waals surface area contributed by atoms with Crippen molar-refractivity contribution in [3.05, 3.63) is 85.5 Å². The summed E-state index contributed by atoms with van der Waals surface area (Å²) in [6, 6.07) is 19.8. The van der Waals surface area contributed by atoms with Crippen LogP contribution in [0.4, 0.5) is 11.4 Å². The smallest absolute Gasteiger partial charge is 0.228 e. The Morgan fingerprint density at radius 3 is 2.42 bits per heavy atom. The minimum atomic E-state index is -0.138. The third-order valence-corrected chi connectivity index (χ3v) is 9.01. The molecule has 2 aliphatic heterocycles. The Labute approximate surface area is 261 Å². The fourth-order valence-electron chi connectivity index (χ4n) is 6.56. The zero-order valence-electron chi connectivity index (χ0n) is 25.1. The summed E-state index contributed by atoms with van der Waals surface area (Å²) in [5, 5.41) is 11.6. The van der Waals surface area contributed by atoms with E-state index in [0.29, 0.717) is 25.4 Å². The molecule has 0 saturated carbocycles. The molecule has 10 heteroatoms. The number of amides is 1. The number of nitrogens with one attached hydrogen (secondary N) is 2. The monoisotopic (exact) mass is 600 g/mol. The first-order chi connectivity index (χ1) is 22.1. The normalized spacial score (nSPS) is 17.5. The second-order valence-electron chi connectivity index (χ2n) is 12.1. The molecule has 2 saturated heterocycles. The number of benzene rings is 2. The molecule has 3 aromatic heterocycles. The summed E-state index contributed by atoms with van der Waals surface area (Å²) in [7, 11) is 0. The van der Waals surface area contributed by atoms with Crippen molar-refractivity contribution in [1.29, 1.82) is 0 Å². The van der Waals surface area contributed by atoms with Crippen LogP contribution in [0.5, 0.6) is 0 Å². The Balaban J connectivity index is 0.868. The number of fused-ring (bicyclic) bond motifs is 1. The summed E-state index contributed by atoms with van der Waals surface area (Å²) >= 11 is 0. The molecule has 2 aromatic carbocycles. The summed E-state index contributed by atoms with van der Waals surface area (Å²) in [5.41, 5.74) is 5.64. The lowest BCUT2D eigenvalue weighted by atomic mass is 9.91. The van der Waals surface area contributed by atoms with E-state index in [-0.39, 0.29) is 17.6 Å². The molecule has 1 amide bonds. The van der Waals surface area contributed by atoms with Gasteiger partial charge in [-0.05, 0) is 92.4 Å². The summed E-state index contributed by atoms with van der Waals surface area (Å²) in [6.07, 6.45) is 10.4. The van der Waals surface area contributed by atoms with Crippen LogP contribution in [0.25, 0.3) is 33.5 Å². The van der Waals surface area contributed by atoms with Crippen molar-refractivity contribution in [2.45, 2.75) is 25.7 Å². The lowest BCUT2D eigenvalue weighted by molar-refractivity contribution is -0.122. The van der Waals surface area contributed by atoms with Gasteiger partial charge in [-0.2, -0.15) is 5.10 Å². The Bertz CT molecular complexity index is 1770. The molecule has 5 aromatic rings. The SMILES string of the molecule is O=C(CC1CCN(c2ccc(-c3ncccn3)cc2)CC1)CN1CC[C@@H](C(=O)Nc2ccc3[nH]nc(-c4ccncc4)c3c2)C1. The summed E-state index contributed by atoms with van der Waals surface area (Å²) in [4.78, 5) is 43.5. The number of pyridine rings is 1. The maximum absolute atomic E-state index is 13.2. The molecule has 2 aliphatic rings. The van der Waals surface area contributed by atoms with E-state index in [0.717, 1.165) is 78.1 Å². The number of nitrogens with zero attached hydrogens (tertiary/aromatic N) is 6. The van der Waals surface area contributed by atoms with Crippen LogP contribution in [0, 0.1) is 11.8 Å². The van der Waals surface area contributed by atoms with Gasteiger partial charge in [0.2, 0.25) is 5.91 Å². The van der Waals surface area contributed by atoms with Crippen LogP contribution in [0.15, 0.2) is 85.5 Å². The van der Waals surface area contributed by atoms with Crippen molar-refractivity contribution in [3.8, 4) is 22.6 Å². The number of piperidine rings is 1. The van der Waals surface area contributed by atoms with E-state index in [1.807, 2.05) is 36.4 Å². The summed E-state index contributed by atoms with van der Waals surface area (Å²) in [5.74, 6) is 1.27. The highest BCUT2D eigenvalue weighted by Gasteiger charge is 2.30. The van der Waals surface area contributed by atoms with E-state index < -0.39 is 0 Å². The van der Waals surface area contributed by atoms with Crippen LogP contribution in [0.2, 0.25) is 0 Å². The van der Waals surface area contributed by atoms with Crippen LogP contribution >= 0.6 is 0 Å². The van der Waals surface area contributed by atoms with Gasteiger partial charge in [-0.25, -0.2) is 9.97 Å². The second kappa shape index (κ2) is 13.0. The van der Waals surface area contributed by atoms with E-state index >= 15 is 0 Å². The first-order valence-corrected chi connectivity index (χ1v) is 15.6. The van der Waals surface area contributed by atoms with Crippen molar-refractivity contribution in [1.82, 2.24) is 30.0 Å². The van der Waals surface area contributed by atoms with Gasteiger partial charge in [-0.1, -0.05) is 0 Å². The van der Waals surface area contributed by atoms with Gasteiger partial charge in [0, 0.05) is 78.7 Å². The highest BCUT2D eigenvalue weighted by molar-refractivity contribution is 5.99. The zero-order valence-corrected chi connectivity index (χ0v) is 25.1. The predicted molar refractivity (Wildman–Crippen MR) is 175 cm³/mol. The van der Waals surface area contributed by atoms with Gasteiger partial charge in [0.05, 0.1) is 18.0 Å². The fourth-order valence-corrected chi connectivity index (χ4v) is 6.56. The number of aromatic amines is 1. The van der Waals surface area contributed by atoms with E-state index in [9.17, 15) is 9.59 Å². The van der Waals surface area contributed by atoms with Gasteiger partial charge in [-0.3, -0.25) is 24.6 Å². The van der Waals surface area contributed by atoms with Crippen molar-refractivity contribution in [2.75, 3.05) is 42.9 Å². The first-order valence-electron chi connectivity index (χ1n) is 15.6. The maximum atomic E-state index is 13.2. The Hall–Kier alpha value is -4.96.